The van der Waals surface area contributed by atoms with Crippen LogP contribution in [0.4, 0.5) is 0 Å². The zero-order chi connectivity index (χ0) is 18.6. The van der Waals surface area contributed by atoms with Gasteiger partial charge in [-0.05, 0) is 25.2 Å². The van der Waals surface area contributed by atoms with Crippen molar-refractivity contribution >= 4 is 5.97 Å². The number of esters is 1. The lowest BCUT2D eigenvalue weighted by atomic mass is 9.92. The molecule has 0 aliphatic heterocycles. The third-order valence-corrected chi connectivity index (χ3v) is 5.07. The molecule has 0 aromatic carbocycles. The highest BCUT2D eigenvalue weighted by atomic mass is 16.5. The quantitative estimate of drug-likeness (QED) is 0.198. The normalized spacial score (nSPS) is 11.9. The predicted octanol–water partition coefficient (Wildman–Crippen LogP) is 6.95. The minimum Gasteiger partial charge on any atom is -0.469 e. The number of unbranched alkanes of at least 4 members (excludes halogenated alkanes) is 11. The van der Waals surface area contributed by atoms with Crippen LogP contribution in [0.5, 0.6) is 0 Å². The van der Waals surface area contributed by atoms with Crippen molar-refractivity contribution in [2.75, 3.05) is 7.11 Å². The van der Waals surface area contributed by atoms with Crippen LogP contribution in [0, 0.1) is 17.2 Å². The molecule has 3 heteroatoms. The molecule has 0 saturated heterocycles. The minimum atomic E-state index is -0.0929. The monoisotopic (exact) mass is 351 g/mol. The minimum absolute atomic E-state index is 0.0929. The molecule has 0 rings (SSSR count). The van der Waals surface area contributed by atoms with E-state index in [1.807, 2.05) is 0 Å². The molecule has 0 saturated carbocycles. The molecule has 0 aliphatic rings. The number of ether oxygens (including phenoxy) is 1. The molecular formula is C22H41NO2. The number of carbonyl (C=O) groups excluding carboxylic acids is 1. The Morgan fingerprint density at radius 1 is 0.840 bits per heavy atom. The smallest absolute Gasteiger partial charge is 0.305 e. The van der Waals surface area contributed by atoms with Crippen LogP contribution in [-0.2, 0) is 9.53 Å². The molecular weight excluding hydrogens is 310 g/mol. The zero-order valence-corrected chi connectivity index (χ0v) is 16.9. The second-order valence-corrected chi connectivity index (χ2v) is 7.37. The number of carbonyl (C=O) groups is 1. The average molecular weight is 352 g/mol. The van der Waals surface area contributed by atoms with Crippen molar-refractivity contribution in [1.82, 2.24) is 0 Å². The van der Waals surface area contributed by atoms with Crippen LogP contribution < -0.4 is 0 Å². The fraction of sp³-hybridized carbons (Fsp3) is 0.909. The van der Waals surface area contributed by atoms with Gasteiger partial charge in [-0.25, -0.2) is 0 Å². The standard InChI is InChI=1S/C22H41NO2/c1-3-4-5-6-7-10-13-16-21(19-20-23)17-14-11-8-9-12-15-18-22(24)25-2/h21H,3-19H2,1-2H3. The topological polar surface area (TPSA) is 50.1 Å². The summed E-state index contributed by atoms with van der Waals surface area (Å²) < 4.78 is 4.64. The van der Waals surface area contributed by atoms with Gasteiger partial charge >= 0.3 is 5.97 Å². The van der Waals surface area contributed by atoms with Crippen LogP contribution in [-0.4, -0.2) is 13.1 Å². The van der Waals surface area contributed by atoms with Crippen molar-refractivity contribution in [3.05, 3.63) is 0 Å². The summed E-state index contributed by atoms with van der Waals surface area (Å²) in [6, 6.07) is 2.38. The number of hydrogen-bond donors (Lipinski definition) is 0. The molecule has 0 heterocycles. The molecule has 25 heavy (non-hydrogen) atoms. The maximum Gasteiger partial charge on any atom is 0.305 e. The highest BCUT2D eigenvalue weighted by Gasteiger charge is 2.08. The first-order chi connectivity index (χ1) is 12.2. The van der Waals surface area contributed by atoms with Gasteiger partial charge < -0.3 is 4.74 Å². The molecule has 1 atom stereocenters. The summed E-state index contributed by atoms with van der Waals surface area (Å²) in [5.41, 5.74) is 0. The summed E-state index contributed by atoms with van der Waals surface area (Å²) in [7, 11) is 1.45. The van der Waals surface area contributed by atoms with Gasteiger partial charge in [0.2, 0.25) is 0 Å². The van der Waals surface area contributed by atoms with Gasteiger partial charge in [0, 0.05) is 12.8 Å². The van der Waals surface area contributed by atoms with E-state index < -0.39 is 0 Å². The van der Waals surface area contributed by atoms with E-state index in [-0.39, 0.29) is 5.97 Å². The van der Waals surface area contributed by atoms with Gasteiger partial charge in [0.15, 0.2) is 0 Å². The van der Waals surface area contributed by atoms with Crippen LogP contribution in [0.3, 0.4) is 0 Å². The van der Waals surface area contributed by atoms with Crippen LogP contribution in [0.25, 0.3) is 0 Å². The summed E-state index contributed by atoms with van der Waals surface area (Å²) in [6.07, 6.45) is 20.2. The molecule has 146 valence electrons. The van der Waals surface area contributed by atoms with Crippen molar-refractivity contribution in [1.29, 1.82) is 5.26 Å². The number of nitriles is 1. The highest BCUT2D eigenvalue weighted by molar-refractivity contribution is 5.68. The third kappa shape index (κ3) is 17.6. The Balaban J connectivity index is 3.50. The van der Waals surface area contributed by atoms with Gasteiger partial charge in [-0.3, -0.25) is 4.79 Å². The Kier molecular flexibility index (Phi) is 18.5. The van der Waals surface area contributed by atoms with Crippen molar-refractivity contribution in [2.45, 2.75) is 116 Å². The molecule has 1 unspecified atom stereocenters. The molecule has 3 nitrogen and oxygen atoms in total. The number of hydrogen-bond acceptors (Lipinski definition) is 3. The van der Waals surface area contributed by atoms with Crippen LogP contribution >= 0.6 is 0 Å². The molecule has 0 aliphatic carbocycles. The lowest BCUT2D eigenvalue weighted by Crippen LogP contribution is -2.00. The maximum absolute atomic E-state index is 11.0. The number of methoxy groups -OCH3 is 1. The van der Waals surface area contributed by atoms with Crippen molar-refractivity contribution < 1.29 is 9.53 Å². The van der Waals surface area contributed by atoms with E-state index in [0.29, 0.717) is 12.3 Å². The first-order valence-electron chi connectivity index (χ1n) is 10.7. The van der Waals surface area contributed by atoms with E-state index in [1.165, 1.54) is 90.6 Å². The molecule has 0 aromatic rings. The zero-order valence-electron chi connectivity index (χ0n) is 16.9. The maximum atomic E-state index is 11.0. The Hall–Kier alpha value is -1.04. The average Bonchev–Trinajstić information content (AvgIpc) is 2.62. The van der Waals surface area contributed by atoms with E-state index in [1.54, 1.807) is 0 Å². The summed E-state index contributed by atoms with van der Waals surface area (Å²) in [4.78, 5) is 11.0. The molecule has 0 spiro atoms. The molecule has 0 aromatic heterocycles. The van der Waals surface area contributed by atoms with E-state index in [9.17, 15) is 4.79 Å². The summed E-state index contributed by atoms with van der Waals surface area (Å²) in [5.74, 6) is 0.518. The lowest BCUT2D eigenvalue weighted by Gasteiger charge is -2.13. The van der Waals surface area contributed by atoms with Crippen LogP contribution in [0.2, 0.25) is 0 Å². The summed E-state index contributed by atoms with van der Waals surface area (Å²) in [5, 5.41) is 9.01. The van der Waals surface area contributed by atoms with Crippen molar-refractivity contribution in [3.63, 3.8) is 0 Å². The molecule has 0 N–H and O–H groups in total. The first-order valence-corrected chi connectivity index (χ1v) is 10.7. The molecule has 0 amide bonds. The Morgan fingerprint density at radius 2 is 1.32 bits per heavy atom. The molecule has 0 radical (unpaired) electrons. The second-order valence-electron chi connectivity index (χ2n) is 7.37. The predicted molar refractivity (Wildman–Crippen MR) is 105 cm³/mol. The van der Waals surface area contributed by atoms with E-state index in [0.717, 1.165) is 19.3 Å². The van der Waals surface area contributed by atoms with Crippen molar-refractivity contribution in [3.8, 4) is 6.07 Å². The summed E-state index contributed by atoms with van der Waals surface area (Å²) in [6.45, 7) is 2.26. The van der Waals surface area contributed by atoms with Gasteiger partial charge in [0.25, 0.3) is 0 Å². The van der Waals surface area contributed by atoms with Gasteiger partial charge in [-0.15, -0.1) is 0 Å². The van der Waals surface area contributed by atoms with Crippen LogP contribution in [0.15, 0.2) is 0 Å². The SMILES string of the molecule is CCCCCCCCCC(CC#N)CCCCCCCCC(=O)OC. The largest absolute Gasteiger partial charge is 0.469 e. The van der Waals surface area contributed by atoms with Gasteiger partial charge in [0.1, 0.15) is 0 Å². The van der Waals surface area contributed by atoms with E-state index in [4.69, 9.17) is 5.26 Å². The number of nitrogens with zero attached hydrogens (tertiary/aromatic N) is 1. The Morgan fingerprint density at radius 3 is 1.80 bits per heavy atom. The number of rotatable bonds is 18. The lowest BCUT2D eigenvalue weighted by molar-refractivity contribution is -0.140. The highest BCUT2D eigenvalue weighted by Crippen LogP contribution is 2.21. The van der Waals surface area contributed by atoms with Gasteiger partial charge in [-0.1, -0.05) is 84.0 Å². The van der Waals surface area contributed by atoms with Crippen LogP contribution in [0.1, 0.15) is 116 Å². The van der Waals surface area contributed by atoms with E-state index >= 15 is 0 Å². The molecule has 0 bridgehead atoms. The summed E-state index contributed by atoms with van der Waals surface area (Å²) >= 11 is 0. The Labute approximate surface area is 156 Å². The molecule has 0 fully saturated rings. The third-order valence-electron chi connectivity index (χ3n) is 5.07. The fourth-order valence-electron chi connectivity index (χ4n) is 3.38. The van der Waals surface area contributed by atoms with Gasteiger partial charge in [-0.2, -0.15) is 5.26 Å². The first kappa shape index (κ1) is 24.0. The fourth-order valence-corrected chi connectivity index (χ4v) is 3.38. The van der Waals surface area contributed by atoms with E-state index in [2.05, 4.69) is 17.7 Å². The van der Waals surface area contributed by atoms with Gasteiger partial charge in [0.05, 0.1) is 13.2 Å². The Bertz CT molecular complexity index is 335. The van der Waals surface area contributed by atoms with Crippen molar-refractivity contribution in [2.24, 2.45) is 5.92 Å². The second kappa shape index (κ2) is 19.3.